The van der Waals surface area contributed by atoms with E-state index in [1.807, 2.05) is 50.2 Å². The van der Waals surface area contributed by atoms with Crippen LogP contribution in [0.4, 0.5) is 10.5 Å². The maximum absolute atomic E-state index is 12.7. The molecule has 8 nitrogen and oxygen atoms in total. The first-order valence-corrected chi connectivity index (χ1v) is 11.4. The molecule has 0 saturated heterocycles. The minimum absolute atomic E-state index is 0.0487. The minimum atomic E-state index is -1.09. The standard InChI is InChI=1S/C27H27N3O5/c1-17(2)14-30(15-25(31)32)26(33)24-12-11-18(13-28-24)29-27(34)35-16-23-21-9-5-3-7-19(21)20-8-4-6-10-22(20)23/h3-13,17,23H,14-16H2,1-2H3,(H,29,34)(H,31,32). The molecule has 0 bridgehead atoms. The number of carboxylic acid groups (broad SMARTS) is 1. The number of aliphatic carboxylic acids is 1. The second kappa shape index (κ2) is 10.4. The van der Waals surface area contributed by atoms with Crippen molar-refractivity contribution < 1.29 is 24.2 Å². The van der Waals surface area contributed by atoms with Crippen LogP contribution in [0.25, 0.3) is 11.1 Å². The monoisotopic (exact) mass is 473 g/mol. The van der Waals surface area contributed by atoms with Gasteiger partial charge in [-0.1, -0.05) is 62.4 Å². The van der Waals surface area contributed by atoms with E-state index in [9.17, 15) is 14.4 Å². The Bertz CT molecular complexity index is 1190. The lowest BCUT2D eigenvalue weighted by atomic mass is 9.98. The molecule has 0 atom stereocenters. The van der Waals surface area contributed by atoms with Gasteiger partial charge < -0.3 is 14.7 Å². The first kappa shape index (κ1) is 23.9. The van der Waals surface area contributed by atoms with Crippen LogP contribution in [0.2, 0.25) is 0 Å². The number of pyridine rings is 1. The zero-order chi connectivity index (χ0) is 24.9. The van der Waals surface area contributed by atoms with E-state index in [0.717, 1.165) is 22.3 Å². The maximum Gasteiger partial charge on any atom is 0.411 e. The molecule has 1 aromatic heterocycles. The predicted molar refractivity (Wildman–Crippen MR) is 131 cm³/mol. The number of aromatic nitrogens is 1. The zero-order valence-corrected chi connectivity index (χ0v) is 19.6. The highest BCUT2D eigenvalue weighted by atomic mass is 16.5. The number of carbonyl (C=O) groups is 3. The maximum atomic E-state index is 12.7. The Balaban J connectivity index is 1.38. The minimum Gasteiger partial charge on any atom is -0.480 e. The van der Waals surface area contributed by atoms with Crippen LogP contribution in [-0.4, -0.2) is 52.7 Å². The molecule has 0 aliphatic heterocycles. The molecule has 8 heteroatoms. The SMILES string of the molecule is CC(C)CN(CC(=O)O)C(=O)c1ccc(NC(=O)OCC2c3ccccc3-c3ccccc32)cn1. The van der Waals surface area contributed by atoms with Crippen LogP contribution in [0.3, 0.4) is 0 Å². The summed E-state index contributed by atoms with van der Waals surface area (Å²) in [6.45, 7) is 3.88. The molecule has 1 aliphatic carbocycles. The van der Waals surface area contributed by atoms with Gasteiger partial charge in [-0.2, -0.15) is 0 Å². The number of rotatable bonds is 8. The molecular formula is C27H27N3O5. The Labute approximate surface area is 203 Å². The molecule has 180 valence electrons. The fourth-order valence-corrected chi connectivity index (χ4v) is 4.33. The predicted octanol–water partition coefficient (Wildman–Crippen LogP) is 4.63. The van der Waals surface area contributed by atoms with Gasteiger partial charge in [0.2, 0.25) is 0 Å². The van der Waals surface area contributed by atoms with Crippen molar-refractivity contribution >= 4 is 23.7 Å². The van der Waals surface area contributed by atoms with Crippen LogP contribution < -0.4 is 5.32 Å². The van der Waals surface area contributed by atoms with E-state index in [1.54, 1.807) is 0 Å². The van der Waals surface area contributed by atoms with Gasteiger partial charge in [0.1, 0.15) is 18.8 Å². The Morgan fingerprint density at radius 3 is 2.17 bits per heavy atom. The summed E-state index contributed by atoms with van der Waals surface area (Å²) in [4.78, 5) is 41.6. The third kappa shape index (κ3) is 5.48. The van der Waals surface area contributed by atoms with Crippen molar-refractivity contribution in [3.63, 3.8) is 0 Å². The van der Waals surface area contributed by atoms with Crippen molar-refractivity contribution in [1.82, 2.24) is 9.88 Å². The Morgan fingerprint density at radius 1 is 1.00 bits per heavy atom. The van der Waals surface area contributed by atoms with E-state index in [0.29, 0.717) is 12.2 Å². The van der Waals surface area contributed by atoms with Gasteiger partial charge >= 0.3 is 12.1 Å². The van der Waals surface area contributed by atoms with E-state index in [1.165, 1.54) is 23.2 Å². The second-order valence-corrected chi connectivity index (χ2v) is 8.86. The fraction of sp³-hybridized carbons (Fsp3) is 0.259. The Kier molecular flexibility index (Phi) is 7.10. The van der Waals surface area contributed by atoms with Gasteiger partial charge in [-0.3, -0.25) is 14.9 Å². The number of carbonyl (C=O) groups excluding carboxylic acids is 2. The number of nitrogens with zero attached hydrogens (tertiary/aromatic N) is 2. The van der Waals surface area contributed by atoms with E-state index < -0.39 is 24.5 Å². The Morgan fingerprint density at radius 2 is 1.63 bits per heavy atom. The first-order valence-electron chi connectivity index (χ1n) is 11.4. The molecule has 0 saturated carbocycles. The summed E-state index contributed by atoms with van der Waals surface area (Å²) in [6.07, 6.45) is 0.725. The number of nitrogens with one attached hydrogen (secondary N) is 1. The molecule has 4 rings (SSSR count). The molecule has 3 aromatic rings. The molecule has 2 amide bonds. The largest absolute Gasteiger partial charge is 0.480 e. The highest BCUT2D eigenvalue weighted by molar-refractivity contribution is 5.94. The molecule has 1 aliphatic rings. The van der Waals surface area contributed by atoms with Crippen LogP contribution in [0.5, 0.6) is 0 Å². The summed E-state index contributed by atoms with van der Waals surface area (Å²) in [5.74, 6) is -1.51. The molecule has 0 radical (unpaired) electrons. The van der Waals surface area contributed by atoms with Gasteiger partial charge in [0, 0.05) is 12.5 Å². The second-order valence-electron chi connectivity index (χ2n) is 8.86. The lowest BCUT2D eigenvalue weighted by molar-refractivity contribution is -0.137. The van der Waals surface area contributed by atoms with Crippen molar-refractivity contribution in [2.75, 3.05) is 25.0 Å². The van der Waals surface area contributed by atoms with Crippen molar-refractivity contribution in [2.45, 2.75) is 19.8 Å². The summed E-state index contributed by atoms with van der Waals surface area (Å²) >= 11 is 0. The summed E-state index contributed by atoms with van der Waals surface area (Å²) in [6, 6.07) is 19.2. The van der Waals surface area contributed by atoms with Gasteiger partial charge in [-0.25, -0.2) is 9.78 Å². The van der Waals surface area contributed by atoms with Crippen LogP contribution in [-0.2, 0) is 9.53 Å². The number of fused-ring (bicyclic) bond motifs is 3. The van der Waals surface area contributed by atoms with Crippen molar-refractivity contribution in [1.29, 1.82) is 0 Å². The summed E-state index contributed by atoms with van der Waals surface area (Å²) in [7, 11) is 0. The van der Waals surface area contributed by atoms with Gasteiger partial charge in [0.25, 0.3) is 5.91 Å². The zero-order valence-electron chi connectivity index (χ0n) is 19.6. The number of benzene rings is 2. The lowest BCUT2D eigenvalue weighted by Crippen LogP contribution is -2.38. The molecular weight excluding hydrogens is 446 g/mol. The van der Waals surface area contributed by atoms with Gasteiger partial charge in [-0.05, 0) is 40.3 Å². The number of hydrogen-bond donors (Lipinski definition) is 2. The molecule has 2 N–H and O–H groups in total. The highest BCUT2D eigenvalue weighted by Crippen LogP contribution is 2.44. The van der Waals surface area contributed by atoms with Gasteiger partial charge in [0.05, 0.1) is 11.9 Å². The van der Waals surface area contributed by atoms with E-state index in [2.05, 4.69) is 22.4 Å². The van der Waals surface area contributed by atoms with Crippen LogP contribution in [0.1, 0.15) is 41.4 Å². The first-order chi connectivity index (χ1) is 16.8. The Hall–Kier alpha value is -4.20. The molecule has 0 unspecified atom stereocenters. The third-order valence-corrected chi connectivity index (χ3v) is 5.77. The van der Waals surface area contributed by atoms with E-state index in [-0.39, 0.29) is 24.1 Å². The molecule has 35 heavy (non-hydrogen) atoms. The smallest absolute Gasteiger partial charge is 0.411 e. The number of ether oxygens (including phenoxy) is 1. The van der Waals surface area contributed by atoms with E-state index >= 15 is 0 Å². The fourth-order valence-electron chi connectivity index (χ4n) is 4.33. The normalized spacial score (nSPS) is 12.1. The summed E-state index contributed by atoms with van der Waals surface area (Å²) < 4.78 is 5.53. The van der Waals surface area contributed by atoms with Crippen molar-refractivity contribution in [3.05, 3.63) is 83.7 Å². The molecule has 0 fully saturated rings. The quantitative estimate of drug-likeness (QED) is 0.494. The van der Waals surface area contributed by atoms with Crippen LogP contribution in [0.15, 0.2) is 66.9 Å². The topological polar surface area (TPSA) is 109 Å². The van der Waals surface area contributed by atoms with Gasteiger partial charge in [-0.15, -0.1) is 0 Å². The van der Waals surface area contributed by atoms with Crippen LogP contribution in [0, 0.1) is 5.92 Å². The van der Waals surface area contributed by atoms with E-state index in [4.69, 9.17) is 9.84 Å². The summed E-state index contributed by atoms with van der Waals surface area (Å²) in [5.41, 5.74) is 5.01. The molecule has 2 aromatic carbocycles. The number of carboxylic acids is 1. The molecule has 0 spiro atoms. The van der Waals surface area contributed by atoms with Crippen molar-refractivity contribution in [3.8, 4) is 11.1 Å². The lowest BCUT2D eigenvalue weighted by Gasteiger charge is -2.22. The van der Waals surface area contributed by atoms with Crippen LogP contribution >= 0.6 is 0 Å². The van der Waals surface area contributed by atoms with Crippen molar-refractivity contribution in [2.24, 2.45) is 5.92 Å². The average Bonchev–Trinajstić information content (AvgIpc) is 3.15. The van der Waals surface area contributed by atoms with Gasteiger partial charge in [0.15, 0.2) is 0 Å². The summed E-state index contributed by atoms with van der Waals surface area (Å²) in [5, 5.41) is 11.7. The number of anilines is 1. The third-order valence-electron chi connectivity index (χ3n) is 5.77. The number of hydrogen-bond acceptors (Lipinski definition) is 5. The highest BCUT2D eigenvalue weighted by Gasteiger charge is 2.29. The molecule has 1 heterocycles. The average molecular weight is 474 g/mol. The number of amides is 2.